The molecule has 0 aliphatic carbocycles. The van der Waals surface area contributed by atoms with E-state index < -0.39 is 21.8 Å². The average molecular weight is 583 g/mol. The second kappa shape index (κ2) is 14.1. The summed E-state index contributed by atoms with van der Waals surface area (Å²) in [5, 5.41) is 6.44. The summed E-state index contributed by atoms with van der Waals surface area (Å²) >= 11 is 0. The van der Waals surface area contributed by atoms with E-state index in [4.69, 9.17) is 9.25 Å². The lowest BCUT2D eigenvalue weighted by Crippen LogP contribution is -2.43. The zero-order valence-electron chi connectivity index (χ0n) is 22.8. The van der Waals surface area contributed by atoms with Crippen LogP contribution in [0, 0.1) is 5.92 Å². The third-order valence-electron chi connectivity index (χ3n) is 6.72. The van der Waals surface area contributed by atoms with Crippen LogP contribution < -0.4 is 15.4 Å². The van der Waals surface area contributed by atoms with Crippen molar-refractivity contribution < 1.29 is 32.1 Å². The zero-order chi connectivity index (χ0) is 29.2. The highest BCUT2D eigenvalue weighted by Gasteiger charge is 2.26. The van der Waals surface area contributed by atoms with Crippen molar-refractivity contribution in [2.45, 2.75) is 50.7 Å². The van der Waals surface area contributed by atoms with Crippen LogP contribution >= 0.6 is 0 Å². The maximum atomic E-state index is 13.0. The number of sulfonamides is 1. The second-order valence-electron chi connectivity index (χ2n) is 9.69. The predicted octanol–water partition coefficient (Wildman–Crippen LogP) is 3.33. The van der Waals surface area contributed by atoms with Gasteiger partial charge in [-0.25, -0.2) is 18.2 Å². The first-order valence-corrected chi connectivity index (χ1v) is 15.0. The molecular formula is C29H34N4O7S. The van der Waals surface area contributed by atoms with Gasteiger partial charge in [-0.3, -0.25) is 19.2 Å². The number of hydroxylamine groups is 2. The van der Waals surface area contributed by atoms with Crippen LogP contribution in [0.15, 0.2) is 70.0 Å². The molecule has 0 radical (unpaired) electrons. The van der Waals surface area contributed by atoms with Crippen LogP contribution in [-0.4, -0.2) is 44.9 Å². The highest BCUT2D eigenvalue weighted by molar-refractivity contribution is 7.89. The molecule has 218 valence electrons. The number of hydrogen-bond donors (Lipinski definition) is 3. The molecule has 0 saturated heterocycles. The number of benzene rings is 2. The second-order valence-corrected chi connectivity index (χ2v) is 11.4. The van der Waals surface area contributed by atoms with E-state index in [1.54, 1.807) is 18.2 Å². The minimum atomic E-state index is -3.55. The van der Waals surface area contributed by atoms with Crippen molar-refractivity contribution in [2.75, 3.05) is 13.2 Å². The van der Waals surface area contributed by atoms with E-state index in [2.05, 4.69) is 22.3 Å². The Hall–Kier alpha value is -4.00. The van der Waals surface area contributed by atoms with Crippen LogP contribution in [0.5, 0.6) is 0 Å². The summed E-state index contributed by atoms with van der Waals surface area (Å²) in [7, 11) is -3.55. The standard InChI is InChI=1S/C29H34N4O7S/c1-2-3-5-10-24(17-33(20-34)39-18-21-8-6-4-7-9-21)28(35)30-19-31-29(36)26-14-13-25(40-26)22-11-12-23-16-32-41(37,38)27(23)15-22/h4,6-9,11-15,20,24,32H,2-3,5,10,16-19H2,1H3,(H,30,35)(H,31,36)/t24-/m1/s1. The molecule has 1 aliphatic heterocycles. The molecule has 0 spiro atoms. The van der Waals surface area contributed by atoms with Crippen LogP contribution in [-0.2, 0) is 37.6 Å². The smallest absolute Gasteiger partial charge is 0.288 e. The Balaban J connectivity index is 1.31. The number of hydrogen-bond acceptors (Lipinski definition) is 7. The Morgan fingerprint density at radius 2 is 1.90 bits per heavy atom. The number of amides is 3. The fourth-order valence-electron chi connectivity index (χ4n) is 4.43. The SMILES string of the molecule is CCCCC[C@H](CN(C=O)OCc1ccccc1)C(=O)NCNC(=O)c1ccc(-c2ccc3c(c2)S(=O)(=O)NC3)o1. The fourth-order valence-corrected chi connectivity index (χ4v) is 5.70. The third kappa shape index (κ3) is 8.03. The Morgan fingerprint density at radius 1 is 1.10 bits per heavy atom. The summed E-state index contributed by atoms with van der Waals surface area (Å²) in [6, 6.07) is 17.4. The largest absolute Gasteiger partial charge is 0.451 e. The van der Waals surface area contributed by atoms with Gasteiger partial charge in [0, 0.05) is 12.1 Å². The van der Waals surface area contributed by atoms with Gasteiger partial charge in [-0.2, -0.15) is 0 Å². The topological polar surface area (TPSA) is 147 Å². The fraction of sp³-hybridized carbons (Fsp3) is 0.345. The molecule has 3 N–H and O–H groups in total. The monoisotopic (exact) mass is 582 g/mol. The Morgan fingerprint density at radius 3 is 2.66 bits per heavy atom. The normalized spacial score (nSPS) is 14.2. The van der Waals surface area contributed by atoms with Crippen LogP contribution in [0.2, 0.25) is 0 Å². The van der Waals surface area contributed by atoms with Crippen molar-refractivity contribution in [3.63, 3.8) is 0 Å². The summed E-state index contributed by atoms with van der Waals surface area (Å²) < 4.78 is 32.4. The van der Waals surface area contributed by atoms with Gasteiger partial charge in [-0.1, -0.05) is 68.7 Å². The number of furan rings is 1. The first-order valence-electron chi connectivity index (χ1n) is 13.5. The number of nitrogens with one attached hydrogen (secondary N) is 3. The Bertz CT molecular complexity index is 1460. The molecule has 0 unspecified atom stereocenters. The first kappa shape index (κ1) is 30.0. The summed E-state index contributed by atoms with van der Waals surface area (Å²) in [6.07, 6.45) is 3.85. The molecule has 0 saturated carbocycles. The number of carbonyl (C=O) groups excluding carboxylic acids is 3. The summed E-state index contributed by atoms with van der Waals surface area (Å²) in [6.45, 7) is 2.43. The van der Waals surface area contributed by atoms with Gasteiger partial charge < -0.3 is 15.1 Å². The maximum absolute atomic E-state index is 13.0. The van der Waals surface area contributed by atoms with Gasteiger partial charge in [0.05, 0.1) is 24.0 Å². The van der Waals surface area contributed by atoms with Gasteiger partial charge in [0.15, 0.2) is 5.76 Å². The van der Waals surface area contributed by atoms with Crippen molar-refractivity contribution in [2.24, 2.45) is 5.92 Å². The quantitative estimate of drug-likeness (QED) is 0.108. The Kier molecular flexibility index (Phi) is 10.3. The molecule has 3 amide bonds. The number of fused-ring (bicyclic) bond motifs is 1. The minimum absolute atomic E-state index is 0.0108. The van der Waals surface area contributed by atoms with Crippen molar-refractivity contribution >= 4 is 28.2 Å². The molecule has 2 heterocycles. The van der Waals surface area contributed by atoms with Crippen LogP contribution in [0.25, 0.3) is 11.3 Å². The summed E-state index contributed by atoms with van der Waals surface area (Å²) in [5.74, 6) is -1.04. The lowest BCUT2D eigenvalue weighted by Gasteiger charge is -2.23. The third-order valence-corrected chi connectivity index (χ3v) is 8.20. The van der Waals surface area contributed by atoms with Gasteiger partial charge in [0.1, 0.15) is 12.4 Å². The van der Waals surface area contributed by atoms with Crippen LogP contribution in [0.4, 0.5) is 0 Å². The number of unbranched alkanes of at least 4 members (excludes halogenated alkanes) is 2. The van der Waals surface area contributed by atoms with Gasteiger partial charge in [0.2, 0.25) is 22.3 Å². The van der Waals surface area contributed by atoms with E-state index in [1.165, 1.54) is 12.1 Å². The molecule has 0 bridgehead atoms. The molecule has 4 rings (SSSR count). The lowest BCUT2D eigenvalue weighted by molar-refractivity contribution is -0.182. The Labute approximate surface area is 239 Å². The van der Waals surface area contributed by atoms with Gasteiger partial charge in [0.25, 0.3) is 5.91 Å². The highest BCUT2D eigenvalue weighted by Crippen LogP contribution is 2.29. The van der Waals surface area contributed by atoms with E-state index in [1.807, 2.05) is 30.3 Å². The molecule has 1 aliphatic rings. The molecule has 1 aromatic heterocycles. The molecule has 3 aromatic rings. The maximum Gasteiger partial charge on any atom is 0.288 e. The first-order chi connectivity index (χ1) is 19.8. The lowest BCUT2D eigenvalue weighted by atomic mass is 10.0. The van der Waals surface area contributed by atoms with Crippen molar-refractivity contribution in [3.8, 4) is 11.3 Å². The van der Waals surface area contributed by atoms with Crippen molar-refractivity contribution in [1.82, 2.24) is 20.4 Å². The van der Waals surface area contributed by atoms with E-state index in [0.717, 1.165) is 29.9 Å². The number of carbonyl (C=O) groups is 3. The van der Waals surface area contributed by atoms with Gasteiger partial charge in [-0.05, 0) is 35.7 Å². The van der Waals surface area contributed by atoms with Crippen molar-refractivity contribution in [3.05, 3.63) is 77.6 Å². The molecule has 12 heteroatoms. The zero-order valence-corrected chi connectivity index (χ0v) is 23.6. The minimum Gasteiger partial charge on any atom is -0.451 e. The predicted molar refractivity (Wildman–Crippen MR) is 150 cm³/mol. The molecule has 0 fully saturated rings. The summed E-state index contributed by atoms with van der Waals surface area (Å²) in [5.41, 5.74) is 2.09. The van der Waals surface area contributed by atoms with E-state index in [9.17, 15) is 22.8 Å². The number of rotatable bonds is 15. The van der Waals surface area contributed by atoms with E-state index in [-0.39, 0.29) is 42.9 Å². The van der Waals surface area contributed by atoms with E-state index in [0.29, 0.717) is 29.7 Å². The van der Waals surface area contributed by atoms with Crippen molar-refractivity contribution in [1.29, 1.82) is 0 Å². The van der Waals surface area contributed by atoms with E-state index >= 15 is 0 Å². The highest BCUT2D eigenvalue weighted by atomic mass is 32.2. The van der Waals surface area contributed by atoms with Crippen LogP contribution in [0.1, 0.15) is 54.3 Å². The van der Waals surface area contributed by atoms with Crippen LogP contribution in [0.3, 0.4) is 0 Å². The molecule has 2 aromatic carbocycles. The summed E-state index contributed by atoms with van der Waals surface area (Å²) in [4.78, 5) is 43.1. The number of nitrogens with zero attached hydrogens (tertiary/aromatic N) is 1. The molecular weight excluding hydrogens is 548 g/mol. The molecule has 11 nitrogen and oxygen atoms in total. The molecule has 41 heavy (non-hydrogen) atoms. The molecule has 1 atom stereocenters. The van der Waals surface area contributed by atoms with Gasteiger partial charge >= 0.3 is 0 Å². The average Bonchev–Trinajstić information content (AvgIpc) is 3.59. The van der Waals surface area contributed by atoms with Gasteiger partial charge in [-0.15, -0.1) is 0 Å².